The second-order valence-electron chi connectivity index (χ2n) is 3.88. The van der Waals surface area contributed by atoms with Gasteiger partial charge in [0.2, 0.25) is 0 Å². The molecule has 0 fully saturated rings. The van der Waals surface area contributed by atoms with E-state index in [1.165, 1.54) is 0 Å². The Balaban J connectivity index is 2.26. The van der Waals surface area contributed by atoms with E-state index in [4.69, 9.17) is 0 Å². The molecule has 2 nitrogen and oxygen atoms in total. The van der Waals surface area contributed by atoms with Gasteiger partial charge in [-0.25, -0.2) is 4.98 Å². The van der Waals surface area contributed by atoms with Crippen LogP contribution in [0.5, 0.6) is 0 Å². The summed E-state index contributed by atoms with van der Waals surface area (Å²) in [6.45, 7) is 1.98. The third-order valence-corrected chi connectivity index (χ3v) is 4.09. The highest BCUT2D eigenvalue weighted by Gasteiger charge is 2.11. The van der Waals surface area contributed by atoms with E-state index in [1.54, 1.807) is 18.0 Å². The van der Waals surface area contributed by atoms with Crippen LogP contribution in [0.4, 0.5) is 0 Å². The van der Waals surface area contributed by atoms with Crippen molar-refractivity contribution in [3.05, 3.63) is 52.6 Å². The number of benzene rings is 1. The molecule has 0 unspecified atom stereocenters. The fraction of sp³-hybridized carbons (Fsp3) is 0.214. The van der Waals surface area contributed by atoms with Gasteiger partial charge in [-0.1, -0.05) is 36.9 Å². The maximum absolute atomic E-state index is 9.99. The Hall–Kier alpha value is -0.840. The lowest BCUT2D eigenvalue weighted by molar-refractivity contribution is 0.171. The molecule has 0 spiro atoms. The average molecular weight is 324 g/mol. The summed E-state index contributed by atoms with van der Waals surface area (Å²) < 4.78 is 0.966. The SMILES string of the molecule is CC[C@@H](O)c1ccccc1Sc1ccc(Br)cn1. The van der Waals surface area contributed by atoms with Gasteiger partial charge in [-0.3, -0.25) is 0 Å². The van der Waals surface area contributed by atoms with Crippen LogP contribution in [0.3, 0.4) is 0 Å². The number of rotatable bonds is 4. The highest BCUT2D eigenvalue weighted by atomic mass is 79.9. The van der Waals surface area contributed by atoms with Crippen molar-refractivity contribution in [2.45, 2.75) is 29.4 Å². The Morgan fingerprint density at radius 2 is 2.06 bits per heavy atom. The molecule has 0 saturated heterocycles. The van der Waals surface area contributed by atoms with E-state index in [9.17, 15) is 5.11 Å². The van der Waals surface area contributed by atoms with Gasteiger partial charge in [-0.2, -0.15) is 0 Å². The van der Waals surface area contributed by atoms with Crippen LogP contribution >= 0.6 is 27.7 Å². The molecule has 18 heavy (non-hydrogen) atoms. The fourth-order valence-corrected chi connectivity index (χ4v) is 2.77. The summed E-state index contributed by atoms with van der Waals surface area (Å²) in [6.07, 6.45) is 2.08. The molecule has 94 valence electrons. The predicted molar refractivity (Wildman–Crippen MR) is 77.8 cm³/mol. The smallest absolute Gasteiger partial charge is 0.101 e. The van der Waals surface area contributed by atoms with Gasteiger partial charge < -0.3 is 5.11 Å². The van der Waals surface area contributed by atoms with Gasteiger partial charge in [-0.05, 0) is 46.1 Å². The summed E-state index contributed by atoms with van der Waals surface area (Å²) >= 11 is 4.94. The first-order valence-electron chi connectivity index (χ1n) is 5.77. The molecular formula is C14H14BrNOS. The van der Waals surface area contributed by atoms with E-state index >= 15 is 0 Å². The standard InChI is InChI=1S/C14H14BrNOS/c1-2-12(17)11-5-3-4-6-13(11)18-14-8-7-10(15)9-16-14/h3-9,12,17H,2H2,1H3/t12-/m1/s1. The third-order valence-electron chi connectivity index (χ3n) is 2.58. The van der Waals surface area contributed by atoms with Gasteiger partial charge in [0.05, 0.1) is 6.10 Å². The van der Waals surface area contributed by atoms with Gasteiger partial charge >= 0.3 is 0 Å². The molecule has 0 aliphatic carbocycles. The lowest BCUT2D eigenvalue weighted by atomic mass is 10.1. The molecule has 0 aliphatic heterocycles. The number of aliphatic hydroxyl groups is 1. The van der Waals surface area contributed by atoms with Crippen LogP contribution in [-0.2, 0) is 0 Å². The van der Waals surface area contributed by atoms with Gasteiger partial charge in [0.1, 0.15) is 5.03 Å². The monoisotopic (exact) mass is 323 g/mol. The van der Waals surface area contributed by atoms with Crippen LogP contribution in [-0.4, -0.2) is 10.1 Å². The topological polar surface area (TPSA) is 33.1 Å². The fourth-order valence-electron chi connectivity index (χ4n) is 1.60. The van der Waals surface area contributed by atoms with E-state index in [2.05, 4.69) is 20.9 Å². The first-order valence-corrected chi connectivity index (χ1v) is 7.38. The van der Waals surface area contributed by atoms with Gasteiger partial charge in [0.25, 0.3) is 0 Å². The second kappa shape index (κ2) is 6.36. The van der Waals surface area contributed by atoms with Crippen molar-refractivity contribution in [1.29, 1.82) is 0 Å². The molecule has 0 aliphatic rings. The predicted octanol–water partition coefficient (Wildman–Crippen LogP) is 4.44. The van der Waals surface area contributed by atoms with Crippen molar-refractivity contribution in [2.75, 3.05) is 0 Å². The number of hydrogen-bond acceptors (Lipinski definition) is 3. The molecule has 1 heterocycles. The molecule has 0 bridgehead atoms. The van der Waals surface area contributed by atoms with E-state index in [1.807, 2.05) is 43.3 Å². The van der Waals surface area contributed by atoms with Gasteiger partial charge in [-0.15, -0.1) is 0 Å². The van der Waals surface area contributed by atoms with Crippen molar-refractivity contribution in [3.8, 4) is 0 Å². The van der Waals surface area contributed by atoms with Crippen molar-refractivity contribution in [1.82, 2.24) is 4.98 Å². The Labute approximate surface area is 120 Å². The Kier molecular flexibility index (Phi) is 4.80. The molecule has 1 aromatic carbocycles. The number of pyridine rings is 1. The number of halogens is 1. The largest absolute Gasteiger partial charge is 0.388 e. The molecule has 0 saturated carbocycles. The van der Waals surface area contributed by atoms with Crippen LogP contribution < -0.4 is 0 Å². The average Bonchev–Trinajstić information content (AvgIpc) is 2.41. The summed E-state index contributed by atoms with van der Waals surface area (Å²) in [7, 11) is 0. The molecule has 0 amide bonds. The van der Waals surface area contributed by atoms with E-state index < -0.39 is 6.10 Å². The molecule has 2 aromatic rings. The highest BCUT2D eigenvalue weighted by Crippen LogP contribution is 2.33. The highest BCUT2D eigenvalue weighted by molar-refractivity contribution is 9.10. The Morgan fingerprint density at radius 3 is 2.72 bits per heavy atom. The summed E-state index contributed by atoms with van der Waals surface area (Å²) in [6, 6.07) is 11.8. The molecule has 1 aromatic heterocycles. The molecule has 1 atom stereocenters. The van der Waals surface area contributed by atoms with Crippen molar-refractivity contribution < 1.29 is 5.11 Å². The Morgan fingerprint density at radius 1 is 1.28 bits per heavy atom. The van der Waals surface area contributed by atoms with Crippen molar-refractivity contribution in [2.24, 2.45) is 0 Å². The molecular weight excluding hydrogens is 310 g/mol. The van der Waals surface area contributed by atoms with E-state index in [0.717, 1.165) is 20.0 Å². The van der Waals surface area contributed by atoms with Crippen LogP contribution in [0.2, 0.25) is 0 Å². The van der Waals surface area contributed by atoms with Crippen LogP contribution in [0.15, 0.2) is 57.0 Å². The molecule has 2 rings (SSSR count). The zero-order chi connectivity index (χ0) is 13.0. The molecule has 4 heteroatoms. The minimum atomic E-state index is -0.413. The van der Waals surface area contributed by atoms with Crippen LogP contribution in [0.1, 0.15) is 25.0 Å². The lowest BCUT2D eigenvalue weighted by Gasteiger charge is -2.13. The normalized spacial score (nSPS) is 12.4. The van der Waals surface area contributed by atoms with E-state index in [-0.39, 0.29) is 0 Å². The Bertz CT molecular complexity index is 515. The maximum Gasteiger partial charge on any atom is 0.101 e. The van der Waals surface area contributed by atoms with E-state index in [0.29, 0.717) is 6.42 Å². The summed E-state index contributed by atoms with van der Waals surface area (Å²) in [5.41, 5.74) is 0.967. The minimum Gasteiger partial charge on any atom is -0.388 e. The first-order chi connectivity index (χ1) is 8.70. The van der Waals surface area contributed by atoms with Crippen LogP contribution in [0, 0.1) is 0 Å². The summed E-state index contributed by atoms with van der Waals surface area (Å²) in [4.78, 5) is 5.39. The second-order valence-corrected chi connectivity index (χ2v) is 5.86. The number of nitrogens with zero attached hydrogens (tertiary/aromatic N) is 1. The third kappa shape index (κ3) is 3.34. The lowest BCUT2D eigenvalue weighted by Crippen LogP contribution is -1.97. The van der Waals surface area contributed by atoms with Crippen molar-refractivity contribution in [3.63, 3.8) is 0 Å². The van der Waals surface area contributed by atoms with Gasteiger partial charge in [0, 0.05) is 15.6 Å². The number of aliphatic hydroxyl groups excluding tert-OH is 1. The number of hydrogen-bond donors (Lipinski definition) is 1. The van der Waals surface area contributed by atoms with Crippen molar-refractivity contribution >= 4 is 27.7 Å². The summed E-state index contributed by atoms with van der Waals surface area (Å²) in [5.74, 6) is 0. The number of aromatic nitrogens is 1. The van der Waals surface area contributed by atoms with Gasteiger partial charge in [0.15, 0.2) is 0 Å². The maximum atomic E-state index is 9.99. The first kappa shape index (κ1) is 13.6. The quantitative estimate of drug-likeness (QED) is 0.903. The zero-order valence-electron chi connectivity index (χ0n) is 10.0. The molecule has 0 radical (unpaired) electrons. The summed E-state index contributed by atoms with van der Waals surface area (Å²) in [5, 5.41) is 10.9. The molecule has 1 N–H and O–H groups in total. The zero-order valence-corrected chi connectivity index (χ0v) is 12.4. The minimum absolute atomic E-state index is 0.413. The van der Waals surface area contributed by atoms with Crippen LogP contribution in [0.25, 0.3) is 0 Å².